The smallest absolute Gasteiger partial charge is 0.316 e. The van der Waals surface area contributed by atoms with Crippen LogP contribution in [0.3, 0.4) is 0 Å². The normalized spacial score (nSPS) is 11.5. The second kappa shape index (κ2) is 10.0. The summed E-state index contributed by atoms with van der Waals surface area (Å²) in [7, 11) is 0. The Morgan fingerprint density at radius 1 is 0.828 bits per heavy atom. The van der Waals surface area contributed by atoms with E-state index in [0.29, 0.717) is 16.4 Å². The van der Waals surface area contributed by atoms with Crippen molar-refractivity contribution in [3.63, 3.8) is 0 Å². The Labute approximate surface area is 178 Å². The number of benzene rings is 3. The number of nitrogens with one attached hydrogen (secondary N) is 2. The molecule has 0 aromatic heterocycles. The zero-order valence-corrected chi connectivity index (χ0v) is 17.0. The van der Waals surface area contributed by atoms with Gasteiger partial charge in [-0.25, -0.2) is 4.79 Å². The molecule has 3 aromatic carbocycles. The number of nitrogens with two attached hydrogens (primary N) is 1. The molecule has 4 N–H and O–H groups in total. The van der Waals surface area contributed by atoms with E-state index >= 15 is 0 Å². The summed E-state index contributed by atoms with van der Waals surface area (Å²) in [5, 5.41) is 6.04. The molecule has 0 radical (unpaired) electrons. The topological polar surface area (TPSA) is 84.2 Å². The molecule has 0 saturated carbocycles. The van der Waals surface area contributed by atoms with Gasteiger partial charge in [0.1, 0.15) is 0 Å². The summed E-state index contributed by atoms with van der Waals surface area (Å²) in [6.07, 6.45) is 0. The van der Waals surface area contributed by atoms with Gasteiger partial charge in [-0.1, -0.05) is 54.1 Å². The number of anilines is 2. The predicted molar refractivity (Wildman–Crippen MR) is 120 cm³/mol. The minimum atomic E-state index is -0.632. The van der Waals surface area contributed by atoms with E-state index in [1.54, 1.807) is 36.0 Å². The molecule has 0 aliphatic carbocycles. The van der Waals surface area contributed by atoms with Gasteiger partial charge in [-0.3, -0.25) is 4.79 Å². The maximum Gasteiger partial charge on any atom is 0.316 e. The fourth-order valence-corrected chi connectivity index (χ4v) is 4.00. The molecule has 0 heterocycles. The quantitative estimate of drug-likeness (QED) is 0.480. The molecular weight excluding hydrogens is 406 g/mol. The second-order valence-electron chi connectivity index (χ2n) is 6.27. The minimum absolute atomic E-state index is 0.0151. The number of halogens is 1. The highest BCUT2D eigenvalue weighted by Gasteiger charge is 2.16. The standard InChI is InChI=1S/C22H20ClN3O2S/c23-17-8-6-16(7-9-17)21(15-4-2-1-3-5-15)29-14-20(27)25-18-10-12-19(13-11-18)26-22(24)28/h1-13,21H,14H2,(H,25,27)(H3,24,26,28). The van der Waals surface area contributed by atoms with Crippen LogP contribution in [0.5, 0.6) is 0 Å². The lowest BCUT2D eigenvalue weighted by Gasteiger charge is -2.18. The summed E-state index contributed by atoms with van der Waals surface area (Å²) in [6.45, 7) is 0. The molecule has 3 rings (SSSR count). The highest BCUT2D eigenvalue weighted by molar-refractivity contribution is 8.00. The van der Waals surface area contributed by atoms with Crippen LogP contribution >= 0.6 is 23.4 Å². The fraction of sp³-hybridized carbons (Fsp3) is 0.0909. The Balaban J connectivity index is 1.65. The average molecular weight is 426 g/mol. The van der Waals surface area contributed by atoms with Gasteiger partial charge in [0, 0.05) is 16.4 Å². The van der Waals surface area contributed by atoms with Crippen LogP contribution in [0.1, 0.15) is 16.4 Å². The number of primary amides is 1. The first kappa shape index (κ1) is 20.8. The molecule has 29 heavy (non-hydrogen) atoms. The maximum atomic E-state index is 12.5. The van der Waals surface area contributed by atoms with Crippen LogP contribution < -0.4 is 16.4 Å². The highest BCUT2D eigenvalue weighted by atomic mass is 35.5. The molecular formula is C22H20ClN3O2S. The van der Waals surface area contributed by atoms with Crippen molar-refractivity contribution in [3.8, 4) is 0 Å². The number of hydrogen-bond acceptors (Lipinski definition) is 3. The van der Waals surface area contributed by atoms with E-state index in [1.807, 2.05) is 42.5 Å². The molecule has 1 atom stereocenters. The van der Waals surface area contributed by atoms with Crippen LogP contribution in [0.15, 0.2) is 78.9 Å². The Hall–Kier alpha value is -2.96. The summed E-state index contributed by atoms with van der Waals surface area (Å²) in [5.74, 6) is 0.171. The lowest BCUT2D eigenvalue weighted by atomic mass is 10.0. The van der Waals surface area contributed by atoms with E-state index in [9.17, 15) is 9.59 Å². The summed E-state index contributed by atoms with van der Waals surface area (Å²) in [4.78, 5) is 23.3. The molecule has 3 amide bonds. The number of carbonyl (C=O) groups excluding carboxylic acids is 2. The largest absolute Gasteiger partial charge is 0.351 e. The Bertz CT molecular complexity index is 964. The van der Waals surface area contributed by atoms with Gasteiger partial charge in [0.15, 0.2) is 0 Å². The van der Waals surface area contributed by atoms with Crippen molar-refractivity contribution in [1.82, 2.24) is 0 Å². The molecule has 3 aromatic rings. The van der Waals surface area contributed by atoms with Crippen LogP contribution in [0.2, 0.25) is 5.02 Å². The molecule has 0 aliphatic heterocycles. The van der Waals surface area contributed by atoms with Gasteiger partial charge in [-0.2, -0.15) is 0 Å². The summed E-state index contributed by atoms with van der Waals surface area (Å²) < 4.78 is 0. The fourth-order valence-electron chi connectivity index (χ4n) is 2.79. The number of thioether (sulfide) groups is 1. The summed E-state index contributed by atoms with van der Waals surface area (Å²) >= 11 is 7.56. The zero-order chi connectivity index (χ0) is 20.6. The number of rotatable bonds is 7. The van der Waals surface area contributed by atoms with E-state index in [-0.39, 0.29) is 16.9 Å². The van der Waals surface area contributed by atoms with Crippen molar-refractivity contribution in [1.29, 1.82) is 0 Å². The van der Waals surface area contributed by atoms with E-state index in [4.69, 9.17) is 17.3 Å². The molecule has 1 unspecified atom stereocenters. The monoisotopic (exact) mass is 425 g/mol. The lowest BCUT2D eigenvalue weighted by Crippen LogP contribution is -2.19. The van der Waals surface area contributed by atoms with Gasteiger partial charge < -0.3 is 16.4 Å². The third-order valence-electron chi connectivity index (χ3n) is 4.09. The van der Waals surface area contributed by atoms with Crippen molar-refractivity contribution in [3.05, 3.63) is 95.0 Å². The summed E-state index contributed by atoms with van der Waals surface area (Å²) in [6, 6.07) is 23.9. The third-order valence-corrected chi connectivity index (χ3v) is 5.65. The molecule has 0 saturated heterocycles. The van der Waals surface area contributed by atoms with Gasteiger partial charge in [0.2, 0.25) is 5.91 Å². The first-order valence-corrected chi connectivity index (χ1v) is 10.3. The summed E-state index contributed by atoms with van der Waals surface area (Å²) in [5.41, 5.74) is 8.50. The molecule has 5 nitrogen and oxygen atoms in total. The number of hydrogen-bond donors (Lipinski definition) is 3. The van der Waals surface area contributed by atoms with E-state index < -0.39 is 6.03 Å². The zero-order valence-electron chi connectivity index (χ0n) is 15.5. The van der Waals surface area contributed by atoms with Gasteiger partial charge in [0.05, 0.1) is 11.0 Å². The lowest BCUT2D eigenvalue weighted by molar-refractivity contribution is -0.113. The molecule has 0 aliphatic rings. The molecule has 0 fully saturated rings. The SMILES string of the molecule is NC(=O)Nc1ccc(NC(=O)CSC(c2ccccc2)c2ccc(Cl)cc2)cc1. The Morgan fingerprint density at radius 2 is 1.38 bits per heavy atom. The first-order valence-electron chi connectivity index (χ1n) is 8.89. The highest BCUT2D eigenvalue weighted by Crippen LogP contribution is 2.36. The molecule has 0 bridgehead atoms. The molecule has 7 heteroatoms. The Kier molecular flexibility index (Phi) is 7.16. The van der Waals surface area contributed by atoms with Gasteiger partial charge in [-0.15, -0.1) is 11.8 Å². The number of carbonyl (C=O) groups is 2. The van der Waals surface area contributed by atoms with E-state index in [1.165, 1.54) is 0 Å². The van der Waals surface area contributed by atoms with E-state index in [2.05, 4.69) is 22.8 Å². The second-order valence-corrected chi connectivity index (χ2v) is 7.80. The van der Waals surface area contributed by atoms with Crippen LogP contribution in [0, 0.1) is 0 Å². The Morgan fingerprint density at radius 3 is 1.97 bits per heavy atom. The van der Waals surface area contributed by atoms with Crippen LogP contribution in [-0.2, 0) is 4.79 Å². The van der Waals surface area contributed by atoms with Crippen molar-refractivity contribution >= 4 is 46.7 Å². The number of urea groups is 1. The van der Waals surface area contributed by atoms with Gasteiger partial charge in [-0.05, 0) is 47.5 Å². The van der Waals surface area contributed by atoms with Crippen LogP contribution in [0.4, 0.5) is 16.2 Å². The molecule has 0 spiro atoms. The van der Waals surface area contributed by atoms with Crippen molar-refractivity contribution in [2.45, 2.75) is 5.25 Å². The number of amides is 3. The maximum absolute atomic E-state index is 12.5. The van der Waals surface area contributed by atoms with Crippen molar-refractivity contribution in [2.24, 2.45) is 5.73 Å². The first-order chi connectivity index (χ1) is 14.0. The van der Waals surface area contributed by atoms with Crippen LogP contribution in [0.25, 0.3) is 0 Å². The van der Waals surface area contributed by atoms with E-state index in [0.717, 1.165) is 11.1 Å². The average Bonchev–Trinajstić information content (AvgIpc) is 2.71. The van der Waals surface area contributed by atoms with Gasteiger partial charge >= 0.3 is 6.03 Å². The molecule has 148 valence electrons. The van der Waals surface area contributed by atoms with Crippen LogP contribution in [-0.4, -0.2) is 17.7 Å². The van der Waals surface area contributed by atoms with Crippen molar-refractivity contribution < 1.29 is 9.59 Å². The third kappa shape index (κ3) is 6.27. The minimum Gasteiger partial charge on any atom is -0.351 e. The van der Waals surface area contributed by atoms with Gasteiger partial charge in [0.25, 0.3) is 0 Å². The predicted octanol–water partition coefficient (Wildman–Crippen LogP) is 5.29. The van der Waals surface area contributed by atoms with Crippen molar-refractivity contribution in [2.75, 3.05) is 16.4 Å².